The van der Waals surface area contributed by atoms with Crippen molar-refractivity contribution in [2.75, 3.05) is 5.32 Å². The molecule has 1 rings (SSSR count). The number of benzene rings is 1. The summed E-state index contributed by atoms with van der Waals surface area (Å²) in [5.41, 5.74) is 0.0601. The molecule has 0 fully saturated rings. The van der Waals surface area contributed by atoms with Crippen LogP contribution in [0.15, 0.2) is 23.1 Å². The summed E-state index contributed by atoms with van der Waals surface area (Å²) in [6, 6.07) is 3.23. The summed E-state index contributed by atoms with van der Waals surface area (Å²) in [7, 11) is -3.95. The molecule has 0 amide bonds. The average molecular weight is 282 g/mol. The van der Waals surface area contributed by atoms with Crippen LogP contribution in [0.3, 0.4) is 0 Å². The number of terminal acetylenes is 1. The predicted octanol–water partition coefficient (Wildman–Crippen LogP) is 0.856. The van der Waals surface area contributed by atoms with E-state index in [2.05, 4.69) is 11.2 Å². The number of nitrogens with two attached hydrogens (primary N) is 1. The molecule has 0 saturated carbocycles. The number of hydrogen-bond acceptors (Lipinski definition) is 4. The summed E-state index contributed by atoms with van der Waals surface area (Å²) in [6.45, 7) is 1.84. The highest BCUT2D eigenvalue weighted by Crippen LogP contribution is 2.21. The number of hydrogen-bond donors (Lipinski definition) is 3. The van der Waals surface area contributed by atoms with Gasteiger partial charge < -0.3 is 10.4 Å². The van der Waals surface area contributed by atoms with Crippen LogP contribution in [-0.4, -0.2) is 25.5 Å². The van der Waals surface area contributed by atoms with Gasteiger partial charge in [-0.05, 0) is 24.6 Å². The highest BCUT2D eigenvalue weighted by molar-refractivity contribution is 7.89. The van der Waals surface area contributed by atoms with Crippen LogP contribution in [-0.2, 0) is 10.0 Å². The van der Waals surface area contributed by atoms with E-state index in [-0.39, 0.29) is 22.2 Å². The lowest BCUT2D eigenvalue weighted by molar-refractivity contribution is 0.0697. The second-order valence-corrected chi connectivity index (χ2v) is 5.39. The number of anilines is 1. The Balaban J connectivity index is 3.28. The molecule has 0 aliphatic carbocycles. The van der Waals surface area contributed by atoms with Gasteiger partial charge in [0.05, 0.1) is 16.5 Å². The number of primary sulfonamides is 1. The first-order chi connectivity index (χ1) is 8.79. The van der Waals surface area contributed by atoms with Gasteiger partial charge in [0, 0.05) is 5.69 Å². The van der Waals surface area contributed by atoms with E-state index >= 15 is 0 Å². The zero-order valence-corrected chi connectivity index (χ0v) is 11.1. The van der Waals surface area contributed by atoms with Crippen molar-refractivity contribution >= 4 is 21.7 Å². The number of carbonyl (C=O) groups is 1. The number of rotatable bonds is 5. The van der Waals surface area contributed by atoms with Crippen LogP contribution in [0.1, 0.15) is 23.7 Å². The molecule has 1 aromatic carbocycles. The Morgan fingerprint density at radius 1 is 1.58 bits per heavy atom. The third kappa shape index (κ3) is 3.71. The Morgan fingerprint density at radius 2 is 2.21 bits per heavy atom. The van der Waals surface area contributed by atoms with Gasteiger partial charge in [0.15, 0.2) is 0 Å². The quantitative estimate of drug-likeness (QED) is 0.694. The minimum atomic E-state index is -3.95. The molecular weight excluding hydrogens is 268 g/mol. The van der Waals surface area contributed by atoms with Crippen molar-refractivity contribution in [2.45, 2.75) is 24.3 Å². The van der Waals surface area contributed by atoms with Gasteiger partial charge in [-0.2, -0.15) is 0 Å². The van der Waals surface area contributed by atoms with Crippen LogP contribution >= 0.6 is 0 Å². The third-order valence-corrected chi connectivity index (χ3v) is 3.40. The van der Waals surface area contributed by atoms with E-state index in [0.717, 1.165) is 6.07 Å². The molecule has 6 nitrogen and oxygen atoms in total. The molecule has 0 heterocycles. The Bertz CT molecular complexity index is 632. The van der Waals surface area contributed by atoms with Gasteiger partial charge in [-0.25, -0.2) is 18.4 Å². The van der Waals surface area contributed by atoms with Crippen molar-refractivity contribution < 1.29 is 18.3 Å². The second-order valence-electron chi connectivity index (χ2n) is 3.83. The third-order valence-electron chi connectivity index (χ3n) is 2.49. The first-order valence-corrected chi connectivity index (χ1v) is 6.97. The zero-order chi connectivity index (χ0) is 14.6. The molecule has 1 aromatic rings. The highest BCUT2D eigenvalue weighted by Gasteiger charge is 2.17. The van der Waals surface area contributed by atoms with Gasteiger partial charge in [0.2, 0.25) is 10.0 Å². The topological polar surface area (TPSA) is 109 Å². The number of carboxylic acid groups (broad SMARTS) is 1. The van der Waals surface area contributed by atoms with E-state index in [0.29, 0.717) is 6.42 Å². The van der Waals surface area contributed by atoms with Crippen LogP contribution in [0.2, 0.25) is 0 Å². The zero-order valence-electron chi connectivity index (χ0n) is 10.3. The van der Waals surface area contributed by atoms with E-state index in [1.165, 1.54) is 12.1 Å². The molecule has 0 aliphatic heterocycles. The van der Waals surface area contributed by atoms with Crippen LogP contribution in [0.25, 0.3) is 0 Å². The summed E-state index contributed by atoms with van der Waals surface area (Å²) in [5.74, 6) is 1.20. The fraction of sp³-hybridized carbons (Fsp3) is 0.250. The molecule has 7 heteroatoms. The maximum atomic E-state index is 11.2. The summed E-state index contributed by atoms with van der Waals surface area (Å²) >= 11 is 0. The Labute approximate surface area is 111 Å². The van der Waals surface area contributed by atoms with Gasteiger partial charge in [-0.15, -0.1) is 6.42 Å². The smallest absolute Gasteiger partial charge is 0.337 e. The Kier molecular flexibility index (Phi) is 4.53. The summed E-state index contributed by atoms with van der Waals surface area (Å²) < 4.78 is 22.4. The van der Waals surface area contributed by atoms with Crippen molar-refractivity contribution in [2.24, 2.45) is 5.14 Å². The van der Waals surface area contributed by atoms with Crippen LogP contribution in [0.5, 0.6) is 0 Å². The van der Waals surface area contributed by atoms with Crippen molar-refractivity contribution in [3.63, 3.8) is 0 Å². The first kappa shape index (κ1) is 15.0. The molecule has 19 heavy (non-hydrogen) atoms. The molecule has 102 valence electrons. The summed E-state index contributed by atoms with van der Waals surface area (Å²) in [6.07, 6.45) is 5.88. The predicted molar refractivity (Wildman–Crippen MR) is 71.3 cm³/mol. The SMILES string of the molecule is C#CC(CC)Nc1ccc(S(N)(=O)=O)cc1C(=O)O. The molecule has 1 unspecified atom stereocenters. The summed E-state index contributed by atoms with van der Waals surface area (Å²) in [5, 5.41) is 16.9. The van der Waals surface area contributed by atoms with E-state index in [1.807, 2.05) is 6.92 Å². The van der Waals surface area contributed by atoms with Crippen LogP contribution < -0.4 is 10.5 Å². The number of aromatic carboxylic acids is 1. The first-order valence-electron chi connectivity index (χ1n) is 5.42. The fourth-order valence-electron chi connectivity index (χ4n) is 1.45. The van der Waals surface area contributed by atoms with Crippen LogP contribution in [0, 0.1) is 12.3 Å². The van der Waals surface area contributed by atoms with Gasteiger partial charge in [0.1, 0.15) is 0 Å². The Morgan fingerprint density at radius 3 is 2.63 bits per heavy atom. The van der Waals surface area contributed by atoms with E-state index in [1.54, 1.807) is 0 Å². The normalized spacial score (nSPS) is 12.5. The van der Waals surface area contributed by atoms with Gasteiger partial charge >= 0.3 is 5.97 Å². The van der Waals surface area contributed by atoms with Crippen LogP contribution in [0.4, 0.5) is 5.69 Å². The average Bonchev–Trinajstić information content (AvgIpc) is 2.34. The minimum absolute atomic E-state index is 0.194. The van der Waals surface area contributed by atoms with E-state index in [4.69, 9.17) is 16.7 Å². The lowest BCUT2D eigenvalue weighted by Crippen LogP contribution is -2.19. The molecule has 0 radical (unpaired) electrons. The maximum Gasteiger partial charge on any atom is 0.337 e. The Hall–Kier alpha value is -2.04. The van der Waals surface area contributed by atoms with Gasteiger partial charge in [0.25, 0.3) is 0 Å². The minimum Gasteiger partial charge on any atom is -0.478 e. The van der Waals surface area contributed by atoms with E-state index < -0.39 is 16.0 Å². The lowest BCUT2D eigenvalue weighted by Gasteiger charge is -2.15. The molecule has 1 atom stereocenters. The van der Waals surface area contributed by atoms with Crippen molar-refractivity contribution in [3.8, 4) is 12.3 Å². The molecule has 0 spiro atoms. The van der Waals surface area contributed by atoms with Crippen molar-refractivity contribution in [1.82, 2.24) is 0 Å². The molecule has 0 saturated heterocycles. The second kappa shape index (κ2) is 5.73. The largest absolute Gasteiger partial charge is 0.478 e. The molecule has 0 aliphatic rings. The lowest BCUT2D eigenvalue weighted by atomic mass is 10.1. The molecular formula is C12H14N2O4S. The highest BCUT2D eigenvalue weighted by atomic mass is 32.2. The standard InChI is InChI=1S/C12H14N2O4S/c1-3-8(4-2)14-11-6-5-9(19(13,17)18)7-10(11)12(15)16/h1,5-8,14H,4H2,2H3,(H,15,16)(H2,13,17,18). The molecule has 4 N–H and O–H groups in total. The number of nitrogens with one attached hydrogen (secondary N) is 1. The van der Waals surface area contributed by atoms with Crippen molar-refractivity contribution in [3.05, 3.63) is 23.8 Å². The van der Waals surface area contributed by atoms with E-state index in [9.17, 15) is 13.2 Å². The maximum absolute atomic E-state index is 11.2. The molecule has 0 bridgehead atoms. The molecule has 0 aromatic heterocycles. The van der Waals surface area contributed by atoms with Gasteiger partial charge in [-0.1, -0.05) is 12.8 Å². The van der Waals surface area contributed by atoms with Gasteiger partial charge in [-0.3, -0.25) is 0 Å². The monoisotopic (exact) mass is 282 g/mol. The number of carboxylic acids is 1. The summed E-state index contributed by atoms with van der Waals surface area (Å²) in [4.78, 5) is 10.9. The fourth-order valence-corrected chi connectivity index (χ4v) is 1.99. The van der Waals surface area contributed by atoms with Crippen molar-refractivity contribution in [1.29, 1.82) is 0 Å². The number of sulfonamides is 1.